The number of ketones is 1. The Bertz CT molecular complexity index is 312. The number of methoxy groups -OCH3 is 1. The minimum absolute atomic E-state index is 0.0139. The van der Waals surface area contributed by atoms with Crippen LogP contribution in [0.15, 0.2) is 6.33 Å². The molecule has 1 rings (SSSR count). The van der Waals surface area contributed by atoms with E-state index < -0.39 is 0 Å². The first-order valence-corrected chi connectivity index (χ1v) is 3.25. The van der Waals surface area contributed by atoms with Crippen molar-refractivity contribution < 1.29 is 14.6 Å². The highest BCUT2D eigenvalue weighted by atomic mass is 16.5. The number of ether oxygens (including phenoxy) is 1. The van der Waals surface area contributed by atoms with E-state index in [0.29, 0.717) is 0 Å². The summed E-state index contributed by atoms with van der Waals surface area (Å²) in [4.78, 5) is 18.0. The van der Waals surface area contributed by atoms with Crippen LogP contribution in [-0.2, 0) is 0 Å². The molecule has 64 valence electrons. The molecule has 0 bridgehead atoms. The molecule has 12 heavy (non-hydrogen) atoms. The fraction of sp³-hybridized carbons (Fsp3) is 0.286. The molecule has 1 aromatic heterocycles. The second-order valence-corrected chi connectivity index (χ2v) is 2.14. The Morgan fingerprint density at radius 3 is 2.67 bits per heavy atom. The largest absolute Gasteiger partial charge is 0.493 e. The highest BCUT2D eigenvalue weighted by Gasteiger charge is 2.15. The van der Waals surface area contributed by atoms with Crippen LogP contribution in [0.5, 0.6) is 11.8 Å². The molecule has 5 heteroatoms. The number of Topliss-reactive ketones (excluding diaryl/α,β-unsaturated/α-hetero) is 1. The fourth-order valence-electron chi connectivity index (χ4n) is 0.824. The first-order valence-electron chi connectivity index (χ1n) is 3.25. The average molecular weight is 168 g/mol. The highest BCUT2D eigenvalue weighted by Crippen LogP contribution is 2.22. The summed E-state index contributed by atoms with van der Waals surface area (Å²) in [5, 5.41) is 9.14. The Labute approximate surface area is 69.0 Å². The van der Waals surface area contributed by atoms with Crippen molar-refractivity contribution in [1.29, 1.82) is 0 Å². The van der Waals surface area contributed by atoms with Crippen molar-refractivity contribution in [2.24, 2.45) is 0 Å². The summed E-state index contributed by atoms with van der Waals surface area (Å²) in [5.74, 6) is -0.589. The van der Waals surface area contributed by atoms with Crippen molar-refractivity contribution >= 4 is 5.78 Å². The Morgan fingerprint density at radius 2 is 2.25 bits per heavy atom. The molecule has 0 spiro atoms. The van der Waals surface area contributed by atoms with Crippen molar-refractivity contribution in [3.63, 3.8) is 0 Å². The second-order valence-electron chi connectivity index (χ2n) is 2.14. The van der Waals surface area contributed by atoms with Gasteiger partial charge >= 0.3 is 0 Å². The quantitative estimate of drug-likeness (QED) is 0.647. The average Bonchev–Trinajstić information content (AvgIpc) is 2.03. The number of aromatic hydroxyl groups is 1. The van der Waals surface area contributed by atoms with Crippen molar-refractivity contribution in [3.05, 3.63) is 11.9 Å². The van der Waals surface area contributed by atoms with Crippen LogP contribution in [0.1, 0.15) is 17.3 Å². The van der Waals surface area contributed by atoms with Crippen molar-refractivity contribution in [2.45, 2.75) is 6.92 Å². The van der Waals surface area contributed by atoms with E-state index in [1.807, 2.05) is 0 Å². The fourth-order valence-corrected chi connectivity index (χ4v) is 0.824. The van der Waals surface area contributed by atoms with E-state index in [4.69, 9.17) is 9.84 Å². The van der Waals surface area contributed by atoms with E-state index in [0.717, 1.165) is 6.33 Å². The maximum atomic E-state index is 10.9. The molecule has 0 aromatic carbocycles. The van der Waals surface area contributed by atoms with Gasteiger partial charge in [0.1, 0.15) is 11.9 Å². The molecule has 5 nitrogen and oxygen atoms in total. The van der Waals surface area contributed by atoms with Gasteiger partial charge < -0.3 is 9.84 Å². The summed E-state index contributed by atoms with van der Waals surface area (Å²) in [6.07, 6.45) is 1.13. The number of aromatic nitrogens is 2. The molecular formula is C7H8N2O3. The third-order valence-electron chi connectivity index (χ3n) is 1.34. The van der Waals surface area contributed by atoms with Crippen molar-refractivity contribution in [3.8, 4) is 11.8 Å². The van der Waals surface area contributed by atoms with E-state index >= 15 is 0 Å². The minimum Gasteiger partial charge on any atom is -0.493 e. The van der Waals surface area contributed by atoms with Crippen LogP contribution >= 0.6 is 0 Å². The van der Waals surface area contributed by atoms with Gasteiger partial charge in [0.15, 0.2) is 5.78 Å². The maximum Gasteiger partial charge on any atom is 0.231 e. The van der Waals surface area contributed by atoms with Crippen LogP contribution in [0.25, 0.3) is 0 Å². The van der Waals surface area contributed by atoms with Crippen LogP contribution in [0, 0.1) is 0 Å². The Balaban J connectivity index is 3.29. The molecule has 0 saturated heterocycles. The summed E-state index contributed by atoms with van der Waals surface area (Å²) in [5.41, 5.74) is 0.0139. The van der Waals surface area contributed by atoms with Crippen LogP contribution < -0.4 is 4.74 Å². The van der Waals surface area contributed by atoms with Gasteiger partial charge in [0.25, 0.3) is 0 Å². The Kier molecular flexibility index (Phi) is 2.23. The topological polar surface area (TPSA) is 72.3 Å². The predicted octanol–water partition coefficient (Wildman–Crippen LogP) is 0.393. The molecule has 1 heterocycles. The van der Waals surface area contributed by atoms with Crippen LogP contribution in [-0.4, -0.2) is 28.0 Å². The van der Waals surface area contributed by atoms with Crippen LogP contribution in [0.2, 0.25) is 0 Å². The molecule has 0 unspecified atom stereocenters. The summed E-state index contributed by atoms with van der Waals surface area (Å²) >= 11 is 0. The Morgan fingerprint density at radius 1 is 1.58 bits per heavy atom. The standard InChI is InChI=1S/C7H8N2O3/c1-4(10)5-6(11)8-3-9-7(5)12-2/h3H,1-2H3,(H,8,9,11). The summed E-state index contributed by atoms with van der Waals surface area (Å²) in [6, 6.07) is 0. The van der Waals surface area contributed by atoms with Gasteiger partial charge in [-0.05, 0) is 6.92 Å². The Hall–Kier alpha value is -1.65. The predicted molar refractivity (Wildman–Crippen MR) is 40.3 cm³/mol. The number of hydrogen-bond donors (Lipinski definition) is 1. The molecule has 0 aliphatic heterocycles. The number of hydrogen-bond acceptors (Lipinski definition) is 5. The third kappa shape index (κ3) is 1.34. The van der Waals surface area contributed by atoms with Gasteiger partial charge in [0, 0.05) is 0 Å². The van der Waals surface area contributed by atoms with Crippen LogP contribution in [0.3, 0.4) is 0 Å². The highest BCUT2D eigenvalue weighted by molar-refractivity contribution is 5.98. The molecule has 1 N–H and O–H groups in total. The first kappa shape index (κ1) is 8.45. The van der Waals surface area contributed by atoms with Gasteiger partial charge in [0.2, 0.25) is 11.8 Å². The zero-order chi connectivity index (χ0) is 9.14. The monoisotopic (exact) mass is 168 g/mol. The van der Waals surface area contributed by atoms with E-state index in [1.54, 1.807) is 0 Å². The summed E-state index contributed by atoms with van der Waals surface area (Å²) in [6.45, 7) is 1.31. The molecule has 0 saturated carbocycles. The summed E-state index contributed by atoms with van der Waals surface area (Å²) in [7, 11) is 1.37. The molecular weight excluding hydrogens is 160 g/mol. The van der Waals surface area contributed by atoms with E-state index in [1.165, 1.54) is 14.0 Å². The lowest BCUT2D eigenvalue weighted by Gasteiger charge is -2.03. The molecule has 0 amide bonds. The van der Waals surface area contributed by atoms with Gasteiger partial charge in [-0.2, -0.15) is 0 Å². The lowest BCUT2D eigenvalue weighted by molar-refractivity contribution is 0.101. The number of carbonyl (C=O) groups is 1. The van der Waals surface area contributed by atoms with E-state index in [2.05, 4.69) is 9.97 Å². The molecule has 0 atom stereocenters. The molecule has 0 aliphatic rings. The zero-order valence-electron chi connectivity index (χ0n) is 6.74. The van der Waals surface area contributed by atoms with Gasteiger partial charge in [-0.15, -0.1) is 0 Å². The number of nitrogens with zero attached hydrogens (tertiary/aromatic N) is 2. The second kappa shape index (κ2) is 3.17. The zero-order valence-corrected chi connectivity index (χ0v) is 6.74. The van der Waals surface area contributed by atoms with E-state index in [9.17, 15) is 4.79 Å². The van der Waals surface area contributed by atoms with Gasteiger partial charge in [-0.3, -0.25) is 4.79 Å². The molecule has 0 aliphatic carbocycles. The van der Waals surface area contributed by atoms with Gasteiger partial charge in [-0.25, -0.2) is 9.97 Å². The smallest absolute Gasteiger partial charge is 0.231 e. The number of carbonyl (C=O) groups excluding carboxylic acids is 1. The normalized spacial score (nSPS) is 9.50. The van der Waals surface area contributed by atoms with Crippen LogP contribution in [0.4, 0.5) is 0 Å². The van der Waals surface area contributed by atoms with Gasteiger partial charge in [-0.1, -0.05) is 0 Å². The first-order chi connectivity index (χ1) is 5.66. The maximum absolute atomic E-state index is 10.9. The van der Waals surface area contributed by atoms with Gasteiger partial charge in [0.05, 0.1) is 7.11 Å². The molecule has 1 aromatic rings. The van der Waals surface area contributed by atoms with E-state index in [-0.39, 0.29) is 23.1 Å². The van der Waals surface area contributed by atoms with Crippen molar-refractivity contribution in [2.75, 3.05) is 7.11 Å². The lowest BCUT2D eigenvalue weighted by atomic mass is 10.2. The third-order valence-corrected chi connectivity index (χ3v) is 1.34. The summed E-state index contributed by atoms with van der Waals surface area (Å²) < 4.78 is 4.76. The van der Waals surface area contributed by atoms with Crippen molar-refractivity contribution in [1.82, 2.24) is 9.97 Å². The SMILES string of the molecule is COc1ncnc(O)c1C(C)=O. The molecule has 0 fully saturated rings. The lowest BCUT2D eigenvalue weighted by Crippen LogP contribution is -2.01. The molecule has 0 radical (unpaired) electrons. The minimum atomic E-state index is -0.352. The number of rotatable bonds is 2.